The molecule has 1 nitrogen and oxygen atoms in total. The van der Waals surface area contributed by atoms with E-state index < -0.39 is 0 Å². The zero-order chi connectivity index (χ0) is 15.8. The molecular formula is C21H17NS. The monoisotopic (exact) mass is 315 g/mol. The number of fused-ring (bicyclic) bond motifs is 3. The van der Waals surface area contributed by atoms with Gasteiger partial charge in [-0.3, -0.25) is 0 Å². The molecule has 112 valence electrons. The summed E-state index contributed by atoms with van der Waals surface area (Å²) in [7, 11) is 0. The molecule has 0 aromatic heterocycles. The lowest BCUT2D eigenvalue weighted by Gasteiger charge is -2.17. The maximum atomic E-state index is 5.77. The minimum Gasteiger partial charge on any atom is -0.349 e. The molecule has 0 heterocycles. The average molecular weight is 315 g/mol. The number of benzene rings is 3. The number of hydrogen-bond acceptors (Lipinski definition) is 1. The summed E-state index contributed by atoms with van der Waals surface area (Å²) in [4.78, 5) is 0.853. The lowest BCUT2D eigenvalue weighted by molar-refractivity contribution is 1.14. The lowest BCUT2D eigenvalue weighted by atomic mass is 9.96. The van der Waals surface area contributed by atoms with Crippen LogP contribution >= 0.6 is 12.2 Å². The summed E-state index contributed by atoms with van der Waals surface area (Å²) in [6.45, 7) is 2.09. The third-order valence-corrected chi connectivity index (χ3v) is 4.75. The topological polar surface area (TPSA) is 12.0 Å². The molecule has 1 N–H and O–H groups in total. The zero-order valence-corrected chi connectivity index (χ0v) is 13.7. The molecule has 0 atom stereocenters. The number of hydrogen-bond donors (Lipinski definition) is 1. The molecule has 0 spiro atoms. The number of rotatable bonds is 2. The van der Waals surface area contributed by atoms with E-state index >= 15 is 0 Å². The summed E-state index contributed by atoms with van der Waals surface area (Å²) < 4.78 is 0. The van der Waals surface area contributed by atoms with E-state index in [0.717, 1.165) is 10.7 Å². The van der Waals surface area contributed by atoms with Crippen LogP contribution in [0.1, 0.15) is 22.6 Å². The summed E-state index contributed by atoms with van der Waals surface area (Å²) in [5.74, 6) is 0.124. The Hall–Kier alpha value is -2.45. The highest BCUT2D eigenvalue weighted by atomic mass is 32.1. The van der Waals surface area contributed by atoms with E-state index in [2.05, 4.69) is 85.0 Å². The van der Waals surface area contributed by atoms with Crippen molar-refractivity contribution < 1.29 is 0 Å². The summed E-state index contributed by atoms with van der Waals surface area (Å²) in [6, 6.07) is 25.4. The molecule has 1 aliphatic rings. The Morgan fingerprint density at radius 3 is 1.87 bits per heavy atom. The van der Waals surface area contributed by atoms with E-state index in [1.165, 1.54) is 27.8 Å². The molecule has 0 unspecified atom stereocenters. The van der Waals surface area contributed by atoms with Gasteiger partial charge in [-0.15, -0.1) is 0 Å². The van der Waals surface area contributed by atoms with Gasteiger partial charge in [0.05, 0.1) is 10.9 Å². The van der Waals surface area contributed by atoms with Gasteiger partial charge in [-0.25, -0.2) is 0 Å². The highest BCUT2D eigenvalue weighted by Gasteiger charge is 2.30. The quantitative estimate of drug-likeness (QED) is 0.622. The highest BCUT2D eigenvalue weighted by molar-refractivity contribution is 7.80. The van der Waals surface area contributed by atoms with Crippen molar-refractivity contribution in [1.82, 2.24) is 0 Å². The largest absolute Gasteiger partial charge is 0.349 e. The van der Waals surface area contributed by atoms with Crippen LogP contribution in [-0.2, 0) is 0 Å². The number of aryl methyl sites for hydroxylation is 1. The number of thiocarbonyl (C=S) groups is 1. The van der Waals surface area contributed by atoms with Gasteiger partial charge in [0.25, 0.3) is 0 Å². The molecule has 0 fully saturated rings. The van der Waals surface area contributed by atoms with E-state index in [9.17, 15) is 0 Å². The molecule has 23 heavy (non-hydrogen) atoms. The van der Waals surface area contributed by atoms with Crippen molar-refractivity contribution in [2.24, 2.45) is 0 Å². The normalized spacial score (nSPS) is 12.6. The van der Waals surface area contributed by atoms with Gasteiger partial charge < -0.3 is 5.32 Å². The van der Waals surface area contributed by atoms with Crippen molar-refractivity contribution in [3.63, 3.8) is 0 Å². The predicted molar refractivity (Wildman–Crippen MR) is 101 cm³/mol. The van der Waals surface area contributed by atoms with Crippen molar-refractivity contribution in [3.8, 4) is 11.1 Å². The summed E-state index contributed by atoms with van der Waals surface area (Å²) in [6.07, 6.45) is 0. The first kappa shape index (κ1) is 14.2. The predicted octanol–water partition coefficient (Wildman–Crippen LogP) is 5.55. The second kappa shape index (κ2) is 5.64. The lowest BCUT2D eigenvalue weighted by Crippen LogP contribution is -2.18. The molecule has 0 saturated carbocycles. The van der Waals surface area contributed by atoms with E-state index in [-0.39, 0.29) is 5.92 Å². The maximum absolute atomic E-state index is 5.77. The maximum Gasteiger partial charge on any atom is 0.0918 e. The standard InChI is InChI=1S/C21H17NS/c1-14-10-12-15(13-11-14)22-21(23)20-18-8-4-2-6-16(18)17-7-3-5-9-19(17)20/h2-13,20H,1H3,(H,22,23). The van der Waals surface area contributed by atoms with Crippen LogP contribution in [0, 0.1) is 6.92 Å². The molecule has 1 aliphatic carbocycles. The molecule has 0 aliphatic heterocycles. The van der Waals surface area contributed by atoms with Crippen molar-refractivity contribution in [2.75, 3.05) is 5.32 Å². The van der Waals surface area contributed by atoms with Crippen molar-refractivity contribution in [2.45, 2.75) is 12.8 Å². The Bertz CT molecular complexity index is 835. The highest BCUT2D eigenvalue weighted by Crippen LogP contribution is 2.45. The SMILES string of the molecule is Cc1ccc(NC(=S)C2c3ccccc3-c3ccccc32)cc1. The van der Waals surface area contributed by atoms with Gasteiger partial charge in [0, 0.05) is 5.69 Å². The van der Waals surface area contributed by atoms with E-state index in [1.54, 1.807) is 0 Å². The molecule has 3 aromatic carbocycles. The second-order valence-electron chi connectivity index (χ2n) is 5.96. The molecule has 4 rings (SSSR count). The molecule has 0 radical (unpaired) electrons. The number of anilines is 1. The van der Waals surface area contributed by atoms with Crippen LogP contribution < -0.4 is 5.32 Å². The van der Waals surface area contributed by atoms with Crippen LogP contribution in [-0.4, -0.2) is 4.99 Å². The fourth-order valence-electron chi connectivity index (χ4n) is 3.29. The van der Waals surface area contributed by atoms with Gasteiger partial charge in [0.1, 0.15) is 0 Å². The van der Waals surface area contributed by atoms with Gasteiger partial charge in [-0.2, -0.15) is 0 Å². The van der Waals surface area contributed by atoms with Crippen LogP contribution in [0.25, 0.3) is 11.1 Å². The van der Waals surface area contributed by atoms with Crippen LogP contribution in [0.5, 0.6) is 0 Å². The fraction of sp³-hybridized carbons (Fsp3) is 0.0952. The Balaban J connectivity index is 1.73. The molecule has 3 aromatic rings. The first-order chi connectivity index (χ1) is 11.2. The Morgan fingerprint density at radius 1 is 0.783 bits per heavy atom. The first-order valence-electron chi connectivity index (χ1n) is 7.80. The van der Waals surface area contributed by atoms with Gasteiger partial charge in [0.2, 0.25) is 0 Å². The third kappa shape index (κ3) is 2.45. The molecule has 0 amide bonds. The van der Waals surface area contributed by atoms with E-state index in [4.69, 9.17) is 12.2 Å². The second-order valence-corrected chi connectivity index (χ2v) is 6.40. The van der Waals surface area contributed by atoms with Gasteiger partial charge >= 0.3 is 0 Å². The van der Waals surface area contributed by atoms with Crippen LogP contribution in [0.4, 0.5) is 5.69 Å². The van der Waals surface area contributed by atoms with E-state index in [1.807, 2.05) is 0 Å². The summed E-state index contributed by atoms with van der Waals surface area (Å²) >= 11 is 5.77. The minimum absolute atomic E-state index is 0.124. The van der Waals surface area contributed by atoms with Crippen molar-refractivity contribution in [1.29, 1.82) is 0 Å². The zero-order valence-electron chi connectivity index (χ0n) is 12.9. The molecular weight excluding hydrogens is 298 g/mol. The number of nitrogens with one attached hydrogen (secondary N) is 1. The molecule has 2 heteroatoms. The first-order valence-corrected chi connectivity index (χ1v) is 8.20. The third-order valence-electron chi connectivity index (χ3n) is 4.42. The van der Waals surface area contributed by atoms with Crippen LogP contribution in [0.2, 0.25) is 0 Å². The smallest absolute Gasteiger partial charge is 0.0918 e. The summed E-state index contributed by atoms with van der Waals surface area (Å²) in [5.41, 5.74) is 7.46. The Kier molecular flexibility index (Phi) is 3.47. The van der Waals surface area contributed by atoms with E-state index in [0.29, 0.717) is 0 Å². The van der Waals surface area contributed by atoms with Crippen LogP contribution in [0.3, 0.4) is 0 Å². The van der Waals surface area contributed by atoms with Crippen molar-refractivity contribution >= 4 is 22.9 Å². The minimum atomic E-state index is 0.124. The van der Waals surface area contributed by atoms with Crippen molar-refractivity contribution in [3.05, 3.63) is 89.5 Å². The molecule has 0 bridgehead atoms. The van der Waals surface area contributed by atoms with Gasteiger partial charge in [0.15, 0.2) is 0 Å². The Labute approximate surface area is 142 Å². The van der Waals surface area contributed by atoms with Gasteiger partial charge in [-0.1, -0.05) is 78.4 Å². The fourth-order valence-corrected chi connectivity index (χ4v) is 3.66. The Morgan fingerprint density at radius 2 is 1.30 bits per heavy atom. The van der Waals surface area contributed by atoms with Crippen LogP contribution in [0.15, 0.2) is 72.8 Å². The summed E-state index contributed by atoms with van der Waals surface area (Å²) in [5, 5.41) is 3.42. The molecule has 0 saturated heterocycles. The van der Waals surface area contributed by atoms with Gasteiger partial charge in [-0.05, 0) is 41.3 Å². The average Bonchev–Trinajstić information content (AvgIpc) is 2.91.